The fourth-order valence-corrected chi connectivity index (χ4v) is 2.94. The molecule has 0 unspecified atom stereocenters. The summed E-state index contributed by atoms with van der Waals surface area (Å²) in [5, 5.41) is 0. The Morgan fingerprint density at radius 3 is 2.67 bits per heavy atom. The molecule has 3 aromatic rings. The third kappa shape index (κ3) is 2.97. The zero-order valence-electron chi connectivity index (χ0n) is 11.2. The molecule has 0 aliphatic carbocycles. The topological polar surface area (TPSA) is 17.8 Å². The largest absolute Gasteiger partial charge is 0.327 e. The van der Waals surface area contributed by atoms with Gasteiger partial charge in [0.1, 0.15) is 11.6 Å². The van der Waals surface area contributed by atoms with Crippen LogP contribution < -0.4 is 0 Å². The normalized spacial score (nSPS) is 11.2. The van der Waals surface area contributed by atoms with E-state index < -0.39 is 0 Å². The van der Waals surface area contributed by atoms with E-state index in [1.807, 2.05) is 22.8 Å². The van der Waals surface area contributed by atoms with Crippen LogP contribution in [0.15, 0.2) is 46.9 Å². The first kappa shape index (κ1) is 14.5. The minimum atomic E-state index is -0.288. The summed E-state index contributed by atoms with van der Waals surface area (Å²) in [7, 11) is 0. The molecule has 21 heavy (non-hydrogen) atoms. The van der Waals surface area contributed by atoms with Crippen LogP contribution in [0, 0.1) is 5.82 Å². The highest BCUT2D eigenvalue weighted by Crippen LogP contribution is 2.25. The zero-order chi connectivity index (χ0) is 14.8. The van der Waals surface area contributed by atoms with Gasteiger partial charge in [0.05, 0.1) is 21.4 Å². The van der Waals surface area contributed by atoms with E-state index >= 15 is 0 Å². The van der Waals surface area contributed by atoms with Gasteiger partial charge in [-0.2, -0.15) is 0 Å². The highest BCUT2D eigenvalue weighted by molar-refractivity contribution is 9.10. The van der Waals surface area contributed by atoms with Gasteiger partial charge in [0.15, 0.2) is 0 Å². The van der Waals surface area contributed by atoms with Crippen molar-refractivity contribution in [1.82, 2.24) is 9.55 Å². The number of aromatic nitrogens is 2. The summed E-state index contributed by atoms with van der Waals surface area (Å²) in [5.41, 5.74) is 2.77. The van der Waals surface area contributed by atoms with E-state index in [1.165, 1.54) is 11.6 Å². The molecule has 108 valence electrons. The number of fused-ring (bicyclic) bond motifs is 1. The lowest BCUT2D eigenvalue weighted by Crippen LogP contribution is -2.05. The summed E-state index contributed by atoms with van der Waals surface area (Å²) in [6.07, 6.45) is 0.855. The summed E-state index contributed by atoms with van der Waals surface area (Å²) >= 11 is 9.17. The summed E-state index contributed by atoms with van der Waals surface area (Å²) in [6, 6.07) is 13.4. The Kier molecular flexibility index (Phi) is 4.27. The van der Waals surface area contributed by atoms with Crippen molar-refractivity contribution in [3.05, 3.63) is 64.1 Å². The van der Waals surface area contributed by atoms with E-state index in [9.17, 15) is 4.39 Å². The lowest BCUT2D eigenvalue weighted by molar-refractivity contribution is 0.620. The van der Waals surface area contributed by atoms with Gasteiger partial charge in [-0.25, -0.2) is 9.37 Å². The van der Waals surface area contributed by atoms with Crippen LogP contribution in [0.25, 0.3) is 11.0 Å². The van der Waals surface area contributed by atoms with Gasteiger partial charge in [0.25, 0.3) is 0 Å². The van der Waals surface area contributed by atoms with Gasteiger partial charge in [0.2, 0.25) is 0 Å². The molecular formula is C16H13BrClFN2. The number of imidazole rings is 1. The van der Waals surface area contributed by atoms with Gasteiger partial charge in [0, 0.05) is 12.6 Å². The van der Waals surface area contributed by atoms with Crippen molar-refractivity contribution in [1.29, 1.82) is 0 Å². The molecule has 2 aromatic carbocycles. The first-order valence-electron chi connectivity index (χ1n) is 6.63. The first-order chi connectivity index (χ1) is 10.2. The van der Waals surface area contributed by atoms with Crippen molar-refractivity contribution < 1.29 is 4.39 Å². The van der Waals surface area contributed by atoms with Crippen molar-refractivity contribution in [3.63, 3.8) is 0 Å². The minimum absolute atomic E-state index is 0.288. The van der Waals surface area contributed by atoms with Gasteiger partial charge in [-0.3, -0.25) is 0 Å². The number of rotatable bonds is 4. The molecule has 1 aromatic heterocycles. The van der Waals surface area contributed by atoms with Gasteiger partial charge < -0.3 is 4.57 Å². The number of aryl methyl sites for hydroxylation is 2. The van der Waals surface area contributed by atoms with Crippen LogP contribution in [0.1, 0.15) is 11.4 Å². The zero-order valence-corrected chi connectivity index (χ0v) is 13.5. The van der Waals surface area contributed by atoms with Crippen LogP contribution in [0.2, 0.25) is 0 Å². The number of halogens is 3. The lowest BCUT2D eigenvalue weighted by atomic mass is 10.1. The van der Waals surface area contributed by atoms with Crippen molar-refractivity contribution in [3.8, 4) is 0 Å². The maximum Gasteiger partial charge on any atom is 0.139 e. The number of nitrogens with zero attached hydrogens (tertiary/aromatic N) is 2. The van der Waals surface area contributed by atoms with Crippen LogP contribution in [-0.2, 0) is 18.8 Å². The van der Waals surface area contributed by atoms with Crippen LogP contribution in [-0.4, -0.2) is 9.55 Å². The van der Waals surface area contributed by atoms with E-state index in [2.05, 4.69) is 33.0 Å². The van der Waals surface area contributed by atoms with Gasteiger partial charge in [-0.15, -0.1) is 11.6 Å². The fourth-order valence-electron chi connectivity index (χ4n) is 2.41. The second-order valence-electron chi connectivity index (χ2n) is 4.80. The average molecular weight is 368 g/mol. The van der Waals surface area contributed by atoms with E-state index in [1.54, 1.807) is 6.07 Å². The average Bonchev–Trinajstić information content (AvgIpc) is 2.83. The molecular weight excluding hydrogens is 355 g/mol. The van der Waals surface area contributed by atoms with Crippen LogP contribution in [0.3, 0.4) is 0 Å². The molecule has 2 nitrogen and oxygen atoms in total. The molecule has 3 rings (SSSR count). The summed E-state index contributed by atoms with van der Waals surface area (Å²) in [5.74, 6) is 0.785. The molecule has 0 aliphatic heterocycles. The maximum absolute atomic E-state index is 13.8. The Bertz CT molecular complexity index is 771. The van der Waals surface area contributed by atoms with E-state index in [-0.39, 0.29) is 5.82 Å². The molecule has 0 spiro atoms. The number of hydrogen-bond acceptors (Lipinski definition) is 1. The van der Waals surface area contributed by atoms with E-state index in [0.717, 1.165) is 29.8 Å². The molecule has 0 N–H and O–H groups in total. The molecule has 5 heteroatoms. The molecule has 0 saturated carbocycles. The van der Waals surface area contributed by atoms with E-state index in [0.29, 0.717) is 10.4 Å². The van der Waals surface area contributed by atoms with Crippen molar-refractivity contribution >= 4 is 38.6 Å². The molecule has 0 saturated heterocycles. The monoisotopic (exact) mass is 366 g/mol. The Hall–Kier alpha value is -1.39. The highest BCUT2D eigenvalue weighted by atomic mass is 79.9. The van der Waals surface area contributed by atoms with E-state index in [4.69, 9.17) is 11.6 Å². The SMILES string of the molecule is Fc1cc2c(cc1Br)nc(CCl)n2CCc1ccccc1. The Labute approximate surface area is 135 Å². The van der Waals surface area contributed by atoms with Gasteiger partial charge in [-0.05, 0) is 34.0 Å². The summed E-state index contributed by atoms with van der Waals surface area (Å²) in [4.78, 5) is 4.48. The smallest absolute Gasteiger partial charge is 0.139 e. The second-order valence-corrected chi connectivity index (χ2v) is 5.93. The molecule has 0 atom stereocenters. The van der Waals surface area contributed by atoms with Gasteiger partial charge >= 0.3 is 0 Å². The predicted molar refractivity (Wildman–Crippen MR) is 87.1 cm³/mol. The molecule has 0 bridgehead atoms. The Morgan fingerprint density at radius 2 is 1.95 bits per heavy atom. The molecule has 0 amide bonds. The standard InChI is InChI=1S/C16H13BrClFN2/c17-12-8-14-15(9-13(12)19)21(16(10-18)20-14)7-6-11-4-2-1-3-5-11/h1-5,8-9H,6-7,10H2. The summed E-state index contributed by atoms with van der Waals surface area (Å²) in [6.45, 7) is 0.726. The maximum atomic E-state index is 13.8. The quantitative estimate of drug-likeness (QED) is 0.599. The van der Waals surface area contributed by atoms with Crippen molar-refractivity contribution in [2.75, 3.05) is 0 Å². The Morgan fingerprint density at radius 1 is 1.19 bits per heavy atom. The minimum Gasteiger partial charge on any atom is -0.327 e. The lowest BCUT2D eigenvalue weighted by Gasteiger charge is -2.08. The van der Waals surface area contributed by atoms with Gasteiger partial charge in [-0.1, -0.05) is 30.3 Å². The van der Waals surface area contributed by atoms with Crippen molar-refractivity contribution in [2.24, 2.45) is 0 Å². The number of alkyl halides is 1. The first-order valence-corrected chi connectivity index (χ1v) is 7.96. The van der Waals surface area contributed by atoms with Crippen LogP contribution >= 0.6 is 27.5 Å². The number of hydrogen-bond donors (Lipinski definition) is 0. The van der Waals surface area contributed by atoms with Crippen molar-refractivity contribution in [2.45, 2.75) is 18.8 Å². The summed E-state index contributed by atoms with van der Waals surface area (Å²) < 4.78 is 16.2. The predicted octanol–water partition coefficient (Wildman–Crippen LogP) is 4.92. The molecule has 0 fully saturated rings. The van der Waals surface area contributed by atoms with Crippen LogP contribution in [0.5, 0.6) is 0 Å². The Balaban J connectivity index is 1.98. The second kappa shape index (κ2) is 6.16. The number of benzene rings is 2. The third-order valence-electron chi connectivity index (χ3n) is 3.46. The molecule has 0 aliphatic rings. The highest BCUT2D eigenvalue weighted by Gasteiger charge is 2.12. The molecule has 0 radical (unpaired) electrons. The fraction of sp³-hybridized carbons (Fsp3) is 0.188. The molecule has 1 heterocycles. The third-order valence-corrected chi connectivity index (χ3v) is 4.30. The van der Waals surface area contributed by atoms with Crippen LogP contribution in [0.4, 0.5) is 4.39 Å².